The summed E-state index contributed by atoms with van der Waals surface area (Å²) in [4.78, 5) is 21.1. The Kier molecular flexibility index (Phi) is 7.11. The largest absolute Gasteiger partial charge is 0.480 e. The van der Waals surface area contributed by atoms with Crippen LogP contribution in [0, 0.1) is 0 Å². The van der Waals surface area contributed by atoms with Crippen molar-refractivity contribution in [3.63, 3.8) is 0 Å². The maximum Gasteiger partial charge on any atom is 0.264 e. The number of methoxy groups -OCH3 is 1. The monoisotopic (exact) mass is 366 g/mol. The van der Waals surface area contributed by atoms with E-state index in [1.54, 1.807) is 35.3 Å². The summed E-state index contributed by atoms with van der Waals surface area (Å²) in [5.74, 6) is 0.746. The summed E-state index contributed by atoms with van der Waals surface area (Å²) in [5, 5.41) is 1.27. The maximum absolute atomic E-state index is 12.8. The van der Waals surface area contributed by atoms with E-state index in [1.807, 2.05) is 32.1 Å². The Morgan fingerprint density at radius 2 is 2.15 bits per heavy atom. The highest BCUT2D eigenvalue weighted by atomic mass is 16.5. The molecule has 0 spiro atoms. The van der Waals surface area contributed by atoms with Gasteiger partial charge in [0, 0.05) is 25.1 Å². The van der Waals surface area contributed by atoms with Crippen LogP contribution >= 0.6 is 0 Å². The van der Waals surface area contributed by atoms with E-state index in [2.05, 4.69) is 16.9 Å². The van der Waals surface area contributed by atoms with Crippen LogP contribution in [0.15, 0.2) is 69.9 Å². The summed E-state index contributed by atoms with van der Waals surface area (Å²) < 4.78 is 6.83. The van der Waals surface area contributed by atoms with Crippen molar-refractivity contribution in [3.8, 4) is 5.88 Å². The number of aromatic nitrogens is 2. The molecule has 0 radical (unpaired) electrons. The predicted molar refractivity (Wildman–Crippen MR) is 111 cm³/mol. The summed E-state index contributed by atoms with van der Waals surface area (Å²) >= 11 is 0. The molecule has 0 atom stereocenters. The van der Waals surface area contributed by atoms with E-state index in [0.717, 1.165) is 17.4 Å². The van der Waals surface area contributed by atoms with Crippen LogP contribution in [0.1, 0.15) is 27.2 Å². The lowest BCUT2D eigenvalue weighted by Gasteiger charge is -2.09. The van der Waals surface area contributed by atoms with Crippen LogP contribution in [0.4, 0.5) is 0 Å². The zero-order valence-electron chi connectivity index (χ0n) is 16.3. The smallest absolute Gasteiger partial charge is 0.264 e. The first-order valence-corrected chi connectivity index (χ1v) is 8.84. The van der Waals surface area contributed by atoms with Gasteiger partial charge < -0.3 is 15.0 Å². The first kappa shape index (κ1) is 20.2. The van der Waals surface area contributed by atoms with Crippen LogP contribution in [0.3, 0.4) is 0 Å². The maximum atomic E-state index is 12.8. The quantitative estimate of drug-likeness (QED) is 0.461. The minimum Gasteiger partial charge on any atom is -0.480 e. The third-order valence-electron chi connectivity index (χ3n) is 4.15. The first-order chi connectivity index (χ1) is 13.0. The number of hydrogen-bond acceptors (Lipinski definition) is 4. The van der Waals surface area contributed by atoms with Crippen LogP contribution in [0.2, 0.25) is 0 Å². The fourth-order valence-electron chi connectivity index (χ4n) is 2.62. The Balaban J connectivity index is 2.24. The van der Waals surface area contributed by atoms with Crippen LogP contribution < -0.4 is 16.0 Å². The second kappa shape index (κ2) is 9.52. The van der Waals surface area contributed by atoms with E-state index in [4.69, 9.17) is 10.5 Å². The van der Waals surface area contributed by atoms with Crippen LogP contribution in [-0.2, 0) is 6.54 Å². The van der Waals surface area contributed by atoms with E-state index in [-0.39, 0.29) is 5.56 Å². The average Bonchev–Trinajstić information content (AvgIpc) is 2.68. The van der Waals surface area contributed by atoms with E-state index in [1.165, 1.54) is 12.7 Å². The molecule has 0 amide bonds. The average molecular weight is 366 g/mol. The number of nitrogens with two attached hydrogens (primary N) is 1. The molecule has 6 nitrogen and oxygen atoms in total. The van der Waals surface area contributed by atoms with Crippen molar-refractivity contribution in [2.75, 3.05) is 7.11 Å². The van der Waals surface area contributed by atoms with E-state index < -0.39 is 0 Å². The van der Waals surface area contributed by atoms with E-state index >= 15 is 0 Å². The van der Waals surface area contributed by atoms with Gasteiger partial charge in [0.1, 0.15) is 11.2 Å². The summed E-state index contributed by atoms with van der Waals surface area (Å²) in [5.41, 5.74) is 7.86. The third-order valence-corrected chi connectivity index (χ3v) is 4.15. The van der Waals surface area contributed by atoms with Gasteiger partial charge in [-0.05, 0) is 49.4 Å². The number of allylic oxidation sites excluding steroid dienone is 4. The molecule has 0 aromatic carbocycles. The van der Waals surface area contributed by atoms with E-state index in [0.29, 0.717) is 23.6 Å². The van der Waals surface area contributed by atoms with Gasteiger partial charge in [-0.2, -0.15) is 0 Å². The highest BCUT2D eigenvalue weighted by Crippen LogP contribution is 2.18. The summed E-state index contributed by atoms with van der Waals surface area (Å²) in [6.07, 6.45) is 11.8. The second-order valence-corrected chi connectivity index (χ2v) is 6.11. The van der Waals surface area contributed by atoms with Gasteiger partial charge in [0.2, 0.25) is 5.88 Å². The van der Waals surface area contributed by atoms with Gasteiger partial charge in [0.05, 0.1) is 7.11 Å². The van der Waals surface area contributed by atoms with Gasteiger partial charge in [-0.25, -0.2) is 9.98 Å². The Bertz CT molecular complexity index is 981. The number of amidine groups is 1. The number of nitrogens with zero attached hydrogens (tertiary/aromatic N) is 3. The molecule has 0 unspecified atom stereocenters. The minimum atomic E-state index is -0.150. The number of aliphatic imine (C=N–C) groups is 1. The molecule has 2 heterocycles. The number of pyridine rings is 2. The zero-order valence-corrected chi connectivity index (χ0v) is 16.3. The molecule has 6 heteroatoms. The van der Waals surface area contributed by atoms with Gasteiger partial charge in [-0.1, -0.05) is 24.6 Å². The second-order valence-electron chi connectivity index (χ2n) is 6.11. The van der Waals surface area contributed by atoms with Gasteiger partial charge in [0.25, 0.3) is 5.56 Å². The molecule has 0 aliphatic rings. The van der Waals surface area contributed by atoms with Gasteiger partial charge in [0.15, 0.2) is 0 Å². The fraction of sp³-hybridized carbons (Fsp3) is 0.286. The molecule has 142 valence electrons. The van der Waals surface area contributed by atoms with Gasteiger partial charge in [-0.15, -0.1) is 0 Å². The highest BCUT2D eigenvalue weighted by molar-refractivity contribution is 5.92. The molecular weight excluding hydrogens is 340 g/mol. The standard InChI is InChI=1S/C21H26N4O2/c1-5-16(6-2)7-8-18(22)24-13-15(3)14-25-12-10-17-9-11-23-20(27-4)19(17)21(25)26/h5,7-13H,6,14H2,1-4H3,(H2,22,24)/b8-7-,15-13+,16-5-. The number of rotatable bonds is 7. The molecule has 2 aromatic rings. The molecule has 2 N–H and O–H groups in total. The van der Waals surface area contributed by atoms with Gasteiger partial charge >= 0.3 is 0 Å². The fourth-order valence-corrected chi connectivity index (χ4v) is 2.62. The first-order valence-electron chi connectivity index (χ1n) is 8.84. The van der Waals surface area contributed by atoms with Crippen molar-refractivity contribution in [3.05, 3.63) is 70.5 Å². The molecule has 0 saturated heterocycles. The zero-order chi connectivity index (χ0) is 19.8. The molecule has 0 aliphatic carbocycles. The van der Waals surface area contributed by atoms with Crippen LogP contribution in [0.5, 0.6) is 5.88 Å². The van der Waals surface area contributed by atoms with Crippen molar-refractivity contribution < 1.29 is 4.74 Å². The molecular formula is C21H26N4O2. The van der Waals surface area contributed by atoms with Crippen molar-refractivity contribution in [1.29, 1.82) is 0 Å². The van der Waals surface area contributed by atoms with Crippen molar-refractivity contribution in [2.24, 2.45) is 10.7 Å². The SMILES string of the molecule is C\C=C(/C=C\C(N)=N/C=C(\C)Cn1ccc2ccnc(OC)c2c1=O)CC. The molecule has 0 aliphatic heterocycles. The molecule has 0 saturated carbocycles. The van der Waals surface area contributed by atoms with Crippen LogP contribution in [-0.4, -0.2) is 22.5 Å². The predicted octanol–water partition coefficient (Wildman–Crippen LogP) is 3.58. The van der Waals surface area contributed by atoms with Crippen LogP contribution in [0.25, 0.3) is 10.8 Å². The topological polar surface area (TPSA) is 82.5 Å². The molecule has 0 fully saturated rings. The third kappa shape index (κ3) is 5.17. The highest BCUT2D eigenvalue weighted by Gasteiger charge is 2.09. The lowest BCUT2D eigenvalue weighted by Crippen LogP contribution is -2.20. The molecule has 0 bridgehead atoms. The molecule has 2 rings (SSSR count). The number of fused-ring (bicyclic) bond motifs is 1. The summed E-state index contributed by atoms with van der Waals surface area (Å²) in [6.45, 7) is 6.39. The Hall–Kier alpha value is -3.15. The Labute approximate surface area is 159 Å². The molecule has 27 heavy (non-hydrogen) atoms. The Morgan fingerprint density at radius 3 is 2.81 bits per heavy atom. The lowest BCUT2D eigenvalue weighted by molar-refractivity contribution is 0.403. The van der Waals surface area contributed by atoms with Crippen molar-refractivity contribution >= 4 is 16.6 Å². The van der Waals surface area contributed by atoms with Gasteiger partial charge in [-0.3, -0.25) is 4.79 Å². The summed E-state index contributed by atoms with van der Waals surface area (Å²) in [6, 6.07) is 3.66. The Morgan fingerprint density at radius 1 is 1.37 bits per heavy atom. The normalized spacial score (nSPS) is 13.6. The minimum absolute atomic E-state index is 0.150. The van der Waals surface area contributed by atoms with Crippen molar-refractivity contribution in [2.45, 2.75) is 33.7 Å². The number of ether oxygens (including phenoxy) is 1. The van der Waals surface area contributed by atoms with Crippen molar-refractivity contribution in [1.82, 2.24) is 9.55 Å². The summed E-state index contributed by atoms with van der Waals surface area (Å²) in [7, 11) is 1.51. The molecule has 2 aromatic heterocycles. The number of hydrogen-bond donors (Lipinski definition) is 1. The van der Waals surface area contributed by atoms with E-state index in [9.17, 15) is 4.79 Å². The lowest BCUT2D eigenvalue weighted by atomic mass is 10.2.